The lowest BCUT2D eigenvalue weighted by Gasteiger charge is -2.10. The predicted molar refractivity (Wildman–Crippen MR) is 79.0 cm³/mol. The molecule has 0 aliphatic heterocycles. The molecule has 0 aliphatic carbocycles. The van der Waals surface area contributed by atoms with E-state index in [4.69, 9.17) is 0 Å². The van der Waals surface area contributed by atoms with E-state index < -0.39 is 17.7 Å². The van der Waals surface area contributed by atoms with Crippen LogP contribution in [0, 0.1) is 11.6 Å². The second-order valence-electron chi connectivity index (χ2n) is 4.81. The van der Waals surface area contributed by atoms with Gasteiger partial charge in [0.05, 0.1) is 5.69 Å². The van der Waals surface area contributed by atoms with Gasteiger partial charge in [-0.3, -0.25) is 5.32 Å². The van der Waals surface area contributed by atoms with Crippen molar-refractivity contribution in [1.29, 1.82) is 0 Å². The Labute approximate surface area is 125 Å². The van der Waals surface area contributed by atoms with Crippen LogP contribution in [-0.4, -0.2) is 22.3 Å². The summed E-state index contributed by atoms with van der Waals surface area (Å²) in [6.07, 6.45) is 0. The number of nitrogens with one attached hydrogen (secondary N) is 3. The Morgan fingerprint density at radius 3 is 2.36 bits per heavy atom. The van der Waals surface area contributed by atoms with Gasteiger partial charge in [-0.25, -0.2) is 13.6 Å². The molecule has 0 saturated heterocycles. The summed E-state index contributed by atoms with van der Waals surface area (Å²) in [6.45, 7) is 3.66. The molecule has 0 fully saturated rings. The maximum absolute atomic E-state index is 13.5. The van der Waals surface area contributed by atoms with Crippen LogP contribution in [0.2, 0.25) is 0 Å². The van der Waals surface area contributed by atoms with Gasteiger partial charge in [0, 0.05) is 12.1 Å². The zero-order chi connectivity index (χ0) is 16.1. The largest absolute Gasteiger partial charge is 0.336 e. The summed E-state index contributed by atoms with van der Waals surface area (Å²) in [4.78, 5) is 11.5. The van der Waals surface area contributed by atoms with E-state index in [2.05, 4.69) is 26.1 Å². The van der Waals surface area contributed by atoms with Crippen LogP contribution < -0.4 is 16.0 Å². The van der Waals surface area contributed by atoms with Crippen molar-refractivity contribution in [2.45, 2.75) is 19.9 Å². The molecule has 0 bridgehead atoms. The van der Waals surface area contributed by atoms with E-state index in [1.165, 1.54) is 18.2 Å². The molecular weight excluding hydrogens is 292 g/mol. The lowest BCUT2D eigenvalue weighted by molar-refractivity contribution is 0.250. The van der Waals surface area contributed by atoms with E-state index in [0.29, 0.717) is 0 Å². The van der Waals surface area contributed by atoms with Crippen molar-refractivity contribution in [3.63, 3.8) is 0 Å². The number of halogens is 2. The van der Waals surface area contributed by atoms with Gasteiger partial charge >= 0.3 is 6.03 Å². The molecule has 1 aromatic heterocycles. The Balaban J connectivity index is 2.01. The van der Waals surface area contributed by atoms with Crippen molar-refractivity contribution < 1.29 is 13.6 Å². The number of anilines is 3. The van der Waals surface area contributed by atoms with Crippen LogP contribution in [0.15, 0.2) is 30.3 Å². The van der Waals surface area contributed by atoms with E-state index in [9.17, 15) is 13.6 Å². The van der Waals surface area contributed by atoms with E-state index in [1.807, 2.05) is 13.8 Å². The quantitative estimate of drug-likeness (QED) is 0.811. The maximum atomic E-state index is 13.5. The fraction of sp³-hybridized carbons (Fsp3) is 0.214. The number of benzene rings is 1. The van der Waals surface area contributed by atoms with Crippen molar-refractivity contribution in [2.75, 3.05) is 10.6 Å². The lowest BCUT2D eigenvalue weighted by atomic mass is 10.3. The van der Waals surface area contributed by atoms with Gasteiger partial charge < -0.3 is 10.6 Å². The summed E-state index contributed by atoms with van der Waals surface area (Å²) in [5.74, 6) is -0.881. The summed E-state index contributed by atoms with van der Waals surface area (Å²) in [6, 6.07) is 5.78. The number of carbonyl (C=O) groups excluding carboxylic acids is 1. The molecule has 2 aromatic rings. The molecule has 6 nitrogen and oxygen atoms in total. The maximum Gasteiger partial charge on any atom is 0.320 e. The number of hydrogen-bond acceptors (Lipinski definition) is 4. The number of nitrogens with zero attached hydrogens (tertiary/aromatic N) is 2. The first-order valence-electron chi connectivity index (χ1n) is 6.57. The van der Waals surface area contributed by atoms with E-state index in [-0.39, 0.29) is 23.4 Å². The van der Waals surface area contributed by atoms with Crippen molar-refractivity contribution in [1.82, 2.24) is 15.5 Å². The molecule has 0 spiro atoms. The number of hydrogen-bond donors (Lipinski definition) is 3. The molecule has 0 aliphatic rings. The Bertz CT molecular complexity index is 661. The zero-order valence-electron chi connectivity index (χ0n) is 12.0. The lowest BCUT2D eigenvalue weighted by Crippen LogP contribution is -2.34. The van der Waals surface area contributed by atoms with Gasteiger partial charge in [0.15, 0.2) is 11.6 Å². The molecule has 2 amide bonds. The summed E-state index contributed by atoms with van der Waals surface area (Å²) in [5.41, 5.74) is 0.0777. The van der Waals surface area contributed by atoms with Gasteiger partial charge in [0.25, 0.3) is 0 Å². The first-order chi connectivity index (χ1) is 10.4. The van der Waals surface area contributed by atoms with Gasteiger partial charge in [0.1, 0.15) is 11.6 Å². The summed E-state index contributed by atoms with van der Waals surface area (Å²) >= 11 is 0. The molecule has 0 atom stereocenters. The second-order valence-corrected chi connectivity index (χ2v) is 4.81. The molecule has 1 heterocycles. The predicted octanol–water partition coefficient (Wildman–Crippen LogP) is 3.03. The van der Waals surface area contributed by atoms with Crippen LogP contribution in [0.25, 0.3) is 0 Å². The topological polar surface area (TPSA) is 78.9 Å². The minimum atomic E-state index is -0.736. The fourth-order valence-corrected chi connectivity index (χ4v) is 1.61. The molecule has 3 N–H and O–H groups in total. The van der Waals surface area contributed by atoms with E-state index in [0.717, 1.165) is 12.1 Å². The minimum Gasteiger partial charge on any atom is -0.336 e. The third-order valence-corrected chi connectivity index (χ3v) is 2.52. The van der Waals surface area contributed by atoms with Gasteiger partial charge in [-0.2, -0.15) is 0 Å². The molecular formula is C14H15F2N5O. The number of urea groups is 1. The highest BCUT2D eigenvalue weighted by Crippen LogP contribution is 2.19. The summed E-state index contributed by atoms with van der Waals surface area (Å²) in [5, 5.41) is 15.4. The molecule has 2 rings (SSSR count). The molecule has 1 aromatic carbocycles. The van der Waals surface area contributed by atoms with Crippen molar-refractivity contribution in [3.8, 4) is 0 Å². The van der Waals surface area contributed by atoms with Crippen LogP contribution in [-0.2, 0) is 0 Å². The Kier molecular flexibility index (Phi) is 4.82. The van der Waals surface area contributed by atoms with Crippen LogP contribution in [0.4, 0.5) is 30.9 Å². The second kappa shape index (κ2) is 6.79. The van der Waals surface area contributed by atoms with Gasteiger partial charge in [-0.1, -0.05) is 0 Å². The monoisotopic (exact) mass is 307 g/mol. The molecule has 0 saturated carbocycles. The summed E-state index contributed by atoms with van der Waals surface area (Å²) < 4.78 is 26.3. The first-order valence-corrected chi connectivity index (χ1v) is 6.57. The van der Waals surface area contributed by atoms with Crippen molar-refractivity contribution in [3.05, 3.63) is 42.0 Å². The number of aromatic nitrogens is 2. The van der Waals surface area contributed by atoms with Crippen molar-refractivity contribution in [2.24, 2.45) is 0 Å². The van der Waals surface area contributed by atoms with Crippen LogP contribution in [0.3, 0.4) is 0 Å². The standard InChI is InChI=1S/C14H15F2N5O/c1-8(2)17-14(22)19-13-6-5-12(20-21-13)18-11-4-3-9(15)7-10(11)16/h3-8H,1-2H3,(H,18,20)(H2,17,19,21,22). The van der Waals surface area contributed by atoms with Gasteiger partial charge in [-0.15, -0.1) is 10.2 Å². The first kappa shape index (κ1) is 15.6. The normalized spacial score (nSPS) is 10.4. The molecule has 0 radical (unpaired) electrons. The van der Waals surface area contributed by atoms with E-state index >= 15 is 0 Å². The molecule has 0 unspecified atom stereocenters. The van der Waals surface area contributed by atoms with Crippen LogP contribution in [0.5, 0.6) is 0 Å². The Morgan fingerprint density at radius 2 is 1.77 bits per heavy atom. The van der Waals surface area contributed by atoms with Crippen molar-refractivity contribution >= 4 is 23.4 Å². The highest BCUT2D eigenvalue weighted by atomic mass is 19.1. The van der Waals surface area contributed by atoms with Crippen LogP contribution >= 0.6 is 0 Å². The zero-order valence-corrected chi connectivity index (χ0v) is 12.0. The smallest absolute Gasteiger partial charge is 0.320 e. The number of rotatable bonds is 4. The number of carbonyl (C=O) groups is 1. The minimum absolute atomic E-state index is 0.00431. The molecule has 116 valence electrons. The van der Waals surface area contributed by atoms with Gasteiger partial charge in [0.2, 0.25) is 0 Å². The highest BCUT2D eigenvalue weighted by molar-refractivity contribution is 5.88. The Morgan fingerprint density at radius 1 is 1.09 bits per heavy atom. The molecule has 8 heteroatoms. The van der Waals surface area contributed by atoms with E-state index in [1.54, 1.807) is 0 Å². The molecule has 22 heavy (non-hydrogen) atoms. The highest BCUT2D eigenvalue weighted by Gasteiger charge is 2.07. The summed E-state index contributed by atoms with van der Waals surface area (Å²) in [7, 11) is 0. The average Bonchev–Trinajstić information content (AvgIpc) is 2.43. The average molecular weight is 307 g/mol. The fourth-order valence-electron chi connectivity index (χ4n) is 1.61. The van der Waals surface area contributed by atoms with Crippen LogP contribution in [0.1, 0.15) is 13.8 Å². The SMILES string of the molecule is CC(C)NC(=O)Nc1ccc(Nc2ccc(F)cc2F)nn1. The van der Waals surface area contributed by atoms with Gasteiger partial charge in [-0.05, 0) is 38.1 Å². The third kappa shape index (κ3) is 4.37. The third-order valence-electron chi connectivity index (χ3n) is 2.52. The number of amides is 2. The Hall–Kier alpha value is -2.77.